The minimum Gasteiger partial charge on any atom is -0.381 e. The van der Waals surface area contributed by atoms with Crippen LogP contribution in [-0.2, 0) is 4.74 Å². The van der Waals surface area contributed by atoms with Crippen molar-refractivity contribution in [3.8, 4) is 0 Å². The van der Waals surface area contributed by atoms with Crippen molar-refractivity contribution >= 4 is 5.69 Å². The number of rotatable bonds is 6. The van der Waals surface area contributed by atoms with Gasteiger partial charge < -0.3 is 15.0 Å². The molecule has 1 aliphatic heterocycles. The maximum Gasteiger partial charge on any atom is 0.0552 e. The number of hydrogen-bond donors (Lipinski definition) is 1. The summed E-state index contributed by atoms with van der Waals surface area (Å²) in [6.45, 7) is 10.4. The first kappa shape index (κ1) is 15.3. The summed E-state index contributed by atoms with van der Waals surface area (Å²) < 4.78 is 5.69. The summed E-state index contributed by atoms with van der Waals surface area (Å²) in [7, 11) is 2.19. The fraction of sp³-hybridized carbons (Fsp3) is 0.647. The third kappa shape index (κ3) is 3.74. The molecule has 0 spiro atoms. The third-order valence-electron chi connectivity index (χ3n) is 4.17. The van der Waals surface area contributed by atoms with Gasteiger partial charge in [0.2, 0.25) is 0 Å². The van der Waals surface area contributed by atoms with E-state index in [1.165, 1.54) is 11.3 Å². The van der Waals surface area contributed by atoms with E-state index in [1.54, 1.807) is 0 Å². The van der Waals surface area contributed by atoms with Crippen LogP contribution in [0.5, 0.6) is 0 Å². The monoisotopic (exact) mass is 276 g/mol. The Morgan fingerprint density at radius 1 is 1.35 bits per heavy atom. The Hall–Kier alpha value is -1.06. The number of para-hydroxylation sites is 1. The molecule has 1 aromatic rings. The number of anilines is 1. The lowest BCUT2D eigenvalue weighted by Gasteiger charge is -2.35. The third-order valence-corrected chi connectivity index (χ3v) is 4.17. The number of ether oxygens (including phenoxy) is 1. The van der Waals surface area contributed by atoms with Crippen molar-refractivity contribution in [2.24, 2.45) is 5.41 Å². The van der Waals surface area contributed by atoms with Crippen LogP contribution < -0.4 is 10.2 Å². The van der Waals surface area contributed by atoms with Gasteiger partial charge in [-0.15, -0.1) is 0 Å². The zero-order valence-corrected chi connectivity index (χ0v) is 13.3. The Balaban J connectivity index is 2.06. The van der Waals surface area contributed by atoms with Crippen LogP contribution in [0.1, 0.15) is 25.8 Å². The molecule has 0 aliphatic carbocycles. The molecule has 2 rings (SSSR count). The van der Waals surface area contributed by atoms with Crippen LogP contribution in [0.3, 0.4) is 0 Å². The predicted octanol–water partition coefficient (Wildman–Crippen LogP) is 2.84. The minimum absolute atomic E-state index is 0.237. The SMILES string of the molecule is Cc1ccccc1N(C)CC1(CNC(C)C)CCOC1. The normalized spacial score (nSPS) is 22.4. The molecule has 1 N–H and O–H groups in total. The van der Waals surface area contributed by atoms with Gasteiger partial charge in [0.25, 0.3) is 0 Å². The molecule has 0 amide bonds. The van der Waals surface area contributed by atoms with Crippen molar-refractivity contribution in [3.63, 3.8) is 0 Å². The van der Waals surface area contributed by atoms with Gasteiger partial charge in [0.15, 0.2) is 0 Å². The van der Waals surface area contributed by atoms with Crippen LogP contribution in [0.25, 0.3) is 0 Å². The van der Waals surface area contributed by atoms with Crippen molar-refractivity contribution in [2.75, 3.05) is 38.3 Å². The van der Waals surface area contributed by atoms with Crippen LogP contribution >= 0.6 is 0 Å². The van der Waals surface area contributed by atoms with Crippen molar-refractivity contribution in [1.82, 2.24) is 5.32 Å². The summed E-state index contributed by atoms with van der Waals surface area (Å²) in [5, 5.41) is 3.59. The van der Waals surface area contributed by atoms with Gasteiger partial charge in [-0.2, -0.15) is 0 Å². The number of nitrogens with zero attached hydrogens (tertiary/aromatic N) is 1. The highest BCUT2D eigenvalue weighted by Gasteiger charge is 2.36. The largest absolute Gasteiger partial charge is 0.381 e. The lowest BCUT2D eigenvalue weighted by Crippen LogP contribution is -2.45. The second kappa shape index (κ2) is 6.59. The molecule has 1 saturated heterocycles. The van der Waals surface area contributed by atoms with Crippen LogP contribution in [0.4, 0.5) is 5.69 Å². The molecule has 3 heteroatoms. The highest BCUT2D eigenvalue weighted by atomic mass is 16.5. The van der Waals surface area contributed by atoms with Gasteiger partial charge >= 0.3 is 0 Å². The molecule has 3 nitrogen and oxygen atoms in total. The van der Waals surface area contributed by atoms with E-state index in [1.807, 2.05) is 0 Å². The van der Waals surface area contributed by atoms with E-state index in [2.05, 4.69) is 62.3 Å². The highest BCUT2D eigenvalue weighted by molar-refractivity contribution is 5.52. The van der Waals surface area contributed by atoms with Gasteiger partial charge in [-0.25, -0.2) is 0 Å². The standard InChI is InChI=1S/C17H28N2O/c1-14(2)18-11-17(9-10-20-13-17)12-19(4)16-8-6-5-7-15(16)3/h5-8,14,18H,9-13H2,1-4H3. The van der Waals surface area contributed by atoms with Crippen LogP contribution in [0, 0.1) is 12.3 Å². The number of aryl methyl sites for hydroxylation is 1. The summed E-state index contributed by atoms with van der Waals surface area (Å²) in [6, 6.07) is 9.12. The van der Waals surface area contributed by atoms with E-state index in [0.717, 1.165) is 32.7 Å². The molecule has 20 heavy (non-hydrogen) atoms. The van der Waals surface area contributed by atoms with Gasteiger partial charge in [0, 0.05) is 43.9 Å². The number of nitrogens with one attached hydrogen (secondary N) is 1. The van der Waals surface area contributed by atoms with Crippen molar-refractivity contribution < 1.29 is 4.74 Å². The van der Waals surface area contributed by atoms with E-state index in [4.69, 9.17) is 4.74 Å². The van der Waals surface area contributed by atoms with Crippen LogP contribution in [0.2, 0.25) is 0 Å². The highest BCUT2D eigenvalue weighted by Crippen LogP contribution is 2.31. The Morgan fingerprint density at radius 3 is 2.70 bits per heavy atom. The van der Waals surface area contributed by atoms with Crippen molar-refractivity contribution in [2.45, 2.75) is 33.2 Å². The number of benzene rings is 1. The lowest BCUT2D eigenvalue weighted by atomic mass is 9.86. The minimum atomic E-state index is 0.237. The molecular weight excluding hydrogens is 248 g/mol. The Labute approximate surface area is 123 Å². The first-order valence-electron chi connectivity index (χ1n) is 7.60. The Morgan fingerprint density at radius 2 is 2.10 bits per heavy atom. The lowest BCUT2D eigenvalue weighted by molar-refractivity contribution is 0.151. The molecule has 0 bridgehead atoms. The molecule has 1 aromatic carbocycles. The van der Waals surface area contributed by atoms with E-state index in [9.17, 15) is 0 Å². The molecule has 1 heterocycles. The first-order chi connectivity index (χ1) is 9.52. The topological polar surface area (TPSA) is 24.5 Å². The molecule has 1 unspecified atom stereocenters. The molecule has 0 radical (unpaired) electrons. The molecule has 1 aliphatic rings. The van der Waals surface area contributed by atoms with E-state index >= 15 is 0 Å². The van der Waals surface area contributed by atoms with Crippen LogP contribution in [0.15, 0.2) is 24.3 Å². The summed E-state index contributed by atoms with van der Waals surface area (Å²) in [5.74, 6) is 0. The second-order valence-electron chi connectivity index (χ2n) is 6.48. The summed E-state index contributed by atoms with van der Waals surface area (Å²) in [5.41, 5.74) is 2.89. The molecule has 1 fully saturated rings. The van der Waals surface area contributed by atoms with Gasteiger partial charge in [0.05, 0.1) is 6.61 Å². The quantitative estimate of drug-likeness (QED) is 0.864. The second-order valence-corrected chi connectivity index (χ2v) is 6.48. The average Bonchev–Trinajstić information content (AvgIpc) is 2.86. The Kier molecular flexibility index (Phi) is 5.06. The van der Waals surface area contributed by atoms with Crippen LogP contribution in [-0.4, -0.2) is 39.4 Å². The predicted molar refractivity (Wildman–Crippen MR) is 85.5 cm³/mol. The number of hydrogen-bond acceptors (Lipinski definition) is 3. The van der Waals surface area contributed by atoms with Gasteiger partial charge in [-0.05, 0) is 25.0 Å². The van der Waals surface area contributed by atoms with E-state index in [0.29, 0.717) is 6.04 Å². The summed E-state index contributed by atoms with van der Waals surface area (Å²) in [4.78, 5) is 2.38. The molecular formula is C17H28N2O. The van der Waals surface area contributed by atoms with Gasteiger partial charge in [-0.1, -0.05) is 32.0 Å². The van der Waals surface area contributed by atoms with Gasteiger partial charge in [0.1, 0.15) is 0 Å². The molecule has 112 valence electrons. The molecule has 1 atom stereocenters. The Bertz CT molecular complexity index is 425. The molecule has 0 aromatic heterocycles. The maximum atomic E-state index is 5.69. The zero-order chi connectivity index (χ0) is 14.6. The fourth-order valence-corrected chi connectivity index (χ4v) is 2.97. The maximum absolute atomic E-state index is 5.69. The van der Waals surface area contributed by atoms with E-state index < -0.39 is 0 Å². The summed E-state index contributed by atoms with van der Waals surface area (Å²) in [6.07, 6.45) is 1.14. The first-order valence-corrected chi connectivity index (χ1v) is 7.60. The zero-order valence-electron chi connectivity index (χ0n) is 13.3. The van der Waals surface area contributed by atoms with Crippen molar-refractivity contribution in [1.29, 1.82) is 0 Å². The van der Waals surface area contributed by atoms with Gasteiger partial charge in [-0.3, -0.25) is 0 Å². The summed E-state index contributed by atoms with van der Waals surface area (Å²) >= 11 is 0. The average molecular weight is 276 g/mol. The molecule has 0 saturated carbocycles. The smallest absolute Gasteiger partial charge is 0.0552 e. The van der Waals surface area contributed by atoms with Crippen molar-refractivity contribution in [3.05, 3.63) is 29.8 Å². The fourth-order valence-electron chi connectivity index (χ4n) is 2.97. The van der Waals surface area contributed by atoms with E-state index in [-0.39, 0.29) is 5.41 Å².